The van der Waals surface area contributed by atoms with Gasteiger partial charge in [-0.15, -0.1) is 34.4 Å². The molecule has 0 saturated heterocycles. The van der Waals surface area contributed by atoms with Crippen molar-refractivity contribution < 1.29 is 4.79 Å². The number of hydrogen-bond donors (Lipinski definition) is 1. The molecule has 1 N–H and O–H groups in total. The van der Waals surface area contributed by atoms with Crippen molar-refractivity contribution in [2.75, 3.05) is 0 Å². The van der Waals surface area contributed by atoms with Gasteiger partial charge in [0.15, 0.2) is 0 Å². The topological polar surface area (TPSA) is 66.1 Å². The van der Waals surface area contributed by atoms with E-state index in [0.29, 0.717) is 17.0 Å². The average Bonchev–Trinajstić information content (AvgIpc) is 3.25. The standard InChI is InChI=1S/C21H27N3O2S3/c1-11(2)24(12(3)4)21(26)14(6)27-10-17-22-19(25)18-15(9-28-20(18)23-17)16-8-7-13(5)29-16/h7-9,11-12,14H,10H2,1-6H3,(H,22,23,25)/t14-/m0/s1. The van der Waals surface area contributed by atoms with Gasteiger partial charge in [0, 0.05) is 32.8 Å². The average molecular weight is 450 g/mol. The van der Waals surface area contributed by atoms with Crippen LogP contribution in [0.1, 0.15) is 45.3 Å². The number of aromatic nitrogens is 2. The van der Waals surface area contributed by atoms with Crippen molar-refractivity contribution in [3.05, 3.63) is 38.6 Å². The molecule has 3 rings (SSSR count). The Morgan fingerprint density at radius 3 is 2.48 bits per heavy atom. The largest absolute Gasteiger partial charge is 0.337 e. The van der Waals surface area contributed by atoms with E-state index in [1.165, 1.54) is 28.0 Å². The Morgan fingerprint density at radius 2 is 1.90 bits per heavy atom. The van der Waals surface area contributed by atoms with Gasteiger partial charge in [0.1, 0.15) is 10.7 Å². The number of rotatable bonds is 7. The van der Waals surface area contributed by atoms with Gasteiger partial charge in [-0.2, -0.15) is 0 Å². The summed E-state index contributed by atoms with van der Waals surface area (Å²) in [7, 11) is 0. The summed E-state index contributed by atoms with van der Waals surface area (Å²) in [6, 6.07) is 4.43. The van der Waals surface area contributed by atoms with Crippen LogP contribution in [0.2, 0.25) is 0 Å². The number of carbonyl (C=O) groups excluding carboxylic acids is 1. The minimum Gasteiger partial charge on any atom is -0.337 e. The highest BCUT2D eigenvalue weighted by Crippen LogP contribution is 2.35. The third kappa shape index (κ3) is 4.75. The lowest BCUT2D eigenvalue weighted by molar-refractivity contribution is -0.133. The van der Waals surface area contributed by atoms with Crippen LogP contribution in [0.5, 0.6) is 0 Å². The second kappa shape index (κ2) is 9.02. The van der Waals surface area contributed by atoms with Crippen LogP contribution in [0.15, 0.2) is 22.3 Å². The summed E-state index contributed by atoms with van der Waals surface area (Å²) in [5.74, 6) is 1.23. The third-order valence-electron chi connectivity index (χ3n) is 4.68. The first-order valence-electron chi connectivity index (χ1n) is 9.70. The second-order valence-corrected chi connectivity index (χ2v) is 11.1. The first-order chi connectivity index (χ1) is 13.7. The number of aromatic amines is 1. The molecular weight excluding hydrogens is 422 g/mol. The summed E-state index contributed by atoms with van der Waals surface area (Å²) in [6.45, 7) is 12.1. The Labute approximate surface area is 183 Å². The molecule has 3 aromatic rings. The van der Waals surface area contributed by atoms with Crippen molar-refractivity contribution in [1.82, 2.24) is 14.9 Å². The second-order valence-electron chi connectivity index (χ2n) is 7.64. The zero-order valence-electron chi connectivity index (χ0n) is 17.6. The van der Waals surface area contributed by atoms with E-state index < -0.39 is 0 Å². The fraction of sp³-hybridized carbons (Fsp3) is 0.476. The maximum atomic E-state index is 12.8. The predicted octanol–water partition coefficient (Wildman–Crippen LogP) is 5.29. The monoisotopic (exact) mass is 449 g/mol. The number of amides is 1. The number of carbonyl (C=O) groups is 1. The highest BCUT2D eigenvalue weighted by molar-refractivity contribution is 7.99. The predicted molar refractivity (Wildman–Crippen MR) is 126 cm³/mol. The highest BCUT2D eigenvalue weighted by Gasteiger charge is 2.25. The van der Waals surface area contributed by atoms with Gasteiger partial charge in [-0.1, -0.05) is 0 Å². The molecule has 0 fully saturated rings. The first-order valence-corrected chi connectivity index (χ1v) is 12.4. The molecule has 3 aromatic heterocycles. The van der Waals surface area contributed by atoms with Crippen LogP contribution in [0.3, 0.4) is 0 Å². The Balaban J connectivity index is 1.78. The van der Waals surface area contributed by atoms with Gasteiger partial charge in [0.2, 0.25) is 5.91 Å². The minimum atomic E-state index is -0.200. The normalized spacial score (nSPS) is 12.8. The van der Waals surface area contributed by atoms with E-state index in [1.807, 2.05) is 51.0 Å². The van der Waals surface area contributed by atoms with Gasteiger partial charge in [0.05, 0.1) is 16.4 Å². The third-order valence-corrected chi connectivity index (χ3v) is 7.73. The van der Waals surface area contributed by atoms with Gasteiger partial charge in [-0.3, -0.25) is 9.59 Å². The molecule has 0 radical (unpaired) electrons. The summed E-state index contributed by atoms with van der Waals surface area (Å²) in [6.07, 6.45) is 0. The van der Waals surface area contributed by atoms with E-state index in [9.17, 15) is 9.59 Å². The Bertz CT molecular complexity index is 1060. The molecule has 1 amide bonds. The van der Waals surface area contributed by atoms with Gasteiger partial charge in [-0.05, 0) is 53.7 Å². The number of thiophene rings is 2. The number of thioether (sulfide) groups is 1. The van der Waals surface area contributed by atoms with E-state index in [-0.39, 0.29) is 28.8 Å². The molecule has 0 saturated carbocycles. The van der Waals surface area contributed by atoms with Crippen molar-refractivity contribution in [2.45, 2.75) is 64.6 Å². The molecule has 3 heterocycles. The van der Waals surface area contributed by atoms with Gasteiger partial charge in [-0.25, -0.2) is 4.98 Å². The Morgan fingerprint density at radius 1 is 1.21 bits per heavy atom. The molecule has 0 spiro atoms. The van der Waals surface area contributed by atoms with Crippen LogP contribution in [-0.4, -0.2) is 38.1 Å². The molecule has 1 atom stereocenters. The molecule has 0 unspecified atom stereocenters. The van der Waals surface area contributed by atoms with Crippen molar-refractivity contribution in [3.63, 3.8) is 0 Å². The Hall–Kier alpha value is -1.64. The van der Waals surface area contributed by atoms with Gasteiger partial charge in [0.25, 0.3) is 5.56 Å². The lowest BCUT2D eigenvalue weighted by atomic mass is 10.2. The van der Waals surface area contributed by atoms with Crippen LogP contribution in [0, 0.1) is 6.92 Å². The van der Waals surface area contributed by atoms with Crippen molar-refractivity contribution >= 4 is 50.6 Å². The molecule has 0 aromatic carbocycles. The number of aryl methyl sites for hydroxylation is 1. The zero-order chi connectivity index (χ0) is 21.3. The molecule has 0 bridgehead atoms. The maximum absolute atomic E-state index is 12.8. The van der Waals surface area contributed by atoms with Crippen molar-refractivity contribution in [2.24, 2.45) is 0 Å². The van der Waals surface area contributed by atoms with Crippen LogP contribution in [-0.2, 0) is 10.5 Å². The highest BCUT2D eigenvalue weighted by atomic mass is 32.2. The van der Waals surface area contributed by atoms with Crippen LogP contribution < -0.4 is 5.56 Å². The van der Waals surface area contributed by atoms with E-state index in [1.54, 1.807) is 11.3 Å². The van der Waals surface area contributed by atoms with Crippen molar-refractivity contribution in [3.8, 4) is 10.4 Å². The van der Waals surface area contributed by atoms with Gasteiger partial charge < -0.3 is 9.88 Å². The molecule has 5 nitrogen and oxygen atoms in total. The molecule has 29 heavy (non-hydrogen) atoms. The summed E-state index contributed by atoms with van der Waals surface area (Å²) < 4.78 is 0. The molecule has 156 valence electrons. The molecule has 8 heteroatoms. The zero-order valence-corrected chi connectivity index (χ0v) is 20.1. The van der Waals surface area contributed by atoms with Crippen LogP contribution in [0.25, 0.3) is 20.7 Å². The lowest BCUT2D eigenvalue weighted by Crippen LogP contribution is -2.45. The quantitative estimate of drug-likeness (QED) is 0.532. The number of nitrogens with zero attached hydrogens (tertiary/aromatic N) is 2. The summed E-state index contributed by atoms with van der Waals surface area (Å²) in [4.78, 5) is 38.1. The molecule has 0 aliphatic heterocycles. The first kappa shape index (κ1) is 22.1. The van der Waals surface area contributed by atoms with Crippen LogP contribution >= 0.6 is 34.4 Å². The SMILES string of the molecule is Cc1ccc(-c2csc3nc(CS[C@@H](C)C(=O)N(C(C)C)C(C)C)[nH]c(=O)c23)s1. The van der Waals surface area contributed by atoms with E-state index in [2.05, 4.69) is 23.0 Å². The fourth-order valence-electron chi connectivity index (χ4n) is 3.41. The van der Waals surface area contributed by atoms with Crippen molar-refractivity contribution in [1.29, 1.82) is 0 Å². The van der Waals surface area contributed by atoms with E-state index >= 15 is 0 Å². The summed E-state index contributed by atoms with van der Waals surface area (Å²) in [5, 5.41) is 2.46. The summed E-state index contributed by atoms with van der Waals surface area (Å²) >= 11 is 4.68. The molecule has 0 aliphatic rings. The number of hydrogen-bond acceptors (Lipinski definition) is 6. The maximum Gasteiger partial charge on any atom is 0.260 e. The fourth-order valence-corrected chi connectivity index (χ4v) is 6.14. The van der Waals surface area contributed by atoms with E-state index in [0.717, 1.165) is 15.3 Å². The molecular formula is C21H27N3O2S3. The minimum absolute atomic E-state index is 0.113. The lowest BCUT2D eigenvalue weighted by Gasteiger charge is -2.32. The number of fused-ring (bicyclic) bond motifs is 1. The number of H-pyrrole nitrogens is 1. The number of nitrogens with one attached hydrogen (secondary N) is 1. The van der Waals surface area contributed by atoms with E-state index in [4.69, 9.17) is 0 Å². The van der Waals surface area contributed by atoms with Crippen LogP contribution in [0.4, 0.5) is 0 Å². The smallest absolute Gasteiger partial charge is 0.260 e. The molecule has 0 aliphatic carbocycles. The van der Waals surface area contributed by atoms with Gasteiger partial charge >= 0.3 is 0 Å². The summed E-state index contributed by atoms with van der Waals surface area (Å²) in [5.41, 5.74) is 0.835. The Kier molecular flexibility index (Phi) is 6.86.